The SMILES string of the molecule is Cc1ccc(C)c(OCC(=O)c2ccc3c(c2)N(C(C)C(=O)N2CCC(C)CC2)C(=O)CO3)c1. The van der Waals surface area contributed by atoms with Crippen LogP contribution in [0.4, 0.5) is 5.69 Å². The third-order valence-electron chi connectivity index (χ3n) is 6.70. The predicted octanol–water partition coefficient (Wildman–Crippen LogP) is 3.94. The molecule has 0 bridgehead atoms. The number of carbonyl (C=O) groups is 3. The van der Waals surface area contributed by atoms with Gasteiger partial charge in [0.15, 0.2) is 19.0 Å². The lowest BCUT2D eigenvalue weighted by molar-refractivity contribution is -0.135. The normalized spacial score (nSPS) is 17.1. The Balaban J connectivity index is 1.53. The van der Waals surface area contributed by atoms with Crippen molar-refractivity contribution in [2.24, 2.45) is 5.92 Å². The minimum atomic E-state index is -0.680. The molecule has 0 saturated carbocycles. The number of aryl methyl sites for hydroxylation is 2. The van der Waals surface area contributed by atoms with Crippen molar-refractivity contribution in [3.05, 3.63) is 53.1 Å². The maximum absolute atomic E-state index is 13.2. The fraction of sp³-hybridized carbons (Fsp3) is 0.444. The summed E-state index contributed by atoms with van der Waals surface area (Å²) in [5.41, 5.74) is 2.85. The number of fused-ring (bicyclic) bond motifs is 1. The number of carbonyl (C=O) groups excluding carboxylic acids is 3. The number of benzene rings is 2. The molecule has 2 aliphatic heterocycles. The van der Waals surface area contributed by atoms with Crippen LogP contribution in [0.15, 0.2) is 36.4 Å². The van der Waals surface area contributed by atoms with Gasteiger partial charge in [-0.2, -0.15) is 0 Å². The van der Waals surface area contributed by atoms with Crippen molar-refractivity contribution in [2.75, 3.05) is 31.2 Å². The largest absolute Gasteiger partial charge is 0.485 e. The Morgan fingerprint density at radius 1 is 1.12 bits per heavy atom. The van der Waals surface area contributed by atoms with Crippen LogP contribution in [0.25, 0.3) is 0 Å². The predicted molar refractivity (Wildman–Crippen MR) is 130 cm³/mol. The van der Waals surface area contributed by atoms with Crippen LogP contribution < -0.4 is 14.4 Å². The van der Waals surface area contributed by atoms with Crippen LogP contribution in [0.5, 0.6) is 11.5 Å². The van der Waals surface area contributed by atoms with Crippen LogP contribution in [0.1, 0.15) is 48.2 Å². The van der Waals surface area contributed by atoms with Gasteiger partial charge in [0.05, 0.1) is 5.69 Å². The van der Waals surface area contributed by atoms with Gasteiger partial charge in [0, 0.05) is 18.7 Å². The molecule has 1 unspecified atom stereocenters. The van der Waals surface area contributed by atoms with Crippen LogP contribution in [0, 0.1) is 19.8 Å². The van der Waals surface area contributed by atoms with Crippen molar-refractivity contribution in [1.29, 1.82) is 0 Å². The summed E-state index contributed by atoms with van der Waals surface area (Å²) in [6, 6.07) is 10.1. The van der Waals surface area contributed by atoms with Crippen LogP contribution in [-0.4, -0.2) is 54.8 Å². The molecule has 2 amide bonds. The van der Waals surface area contributed by atoms with E-state index < -0.39 is 6.04 Å². The second-order valence-corrected chi connectivity index (χ2v) is 9.40. The van der Waals surface area contributed by atoms with Crippen LogP contribution in [0.2, 0.25) is 0 Å². The van der Waals surface area contributed by atoms with Crippen molar-refractivity contribution in [3.8, 4) is 11.5 Å². The lowest BCUT2D eigenvalue weighted by Crippen LogP contribution is -2.53. The molecule has 34 heavy (non-hydrogen) atoms. The molecular formula is C27H32N2O5. The van der Waals surface area contributed by atoms with Gasteiger partial charge in [-0.25, -0.2) is 0 Å². The summed E-state index contributed by atoms with van der Waals surface area (Å²) in [5, 5.41) is 0. The number of Topliss-reactive ketones (excluding diaryl/α,β-unsaturated/α-hetero) is 1. The molecule has 7 heteroatoms. The van der Waals surface area contributed by atoms with E-state index in [2.05, 4.69) is 6.92 Å². The molecule has 0 aromatic heterocycles. The summed E-state index contributed by atoms with van der Waals surface area (Å²) in [7, 11) is 0. The van der Waals surface area contributed by atoms with Gasteiger partial charge in [-0.05, 0) is 74.9 Å². The molecule has 1 atom stereocenters. The zero-order valence-electron chi connectivity index (χ0n) is 20.3. The van der Waals surface area contributed by atoms with Gasteiger partial charge in [-0.15, -0.1) is 0 Å². The third-order valence-corrected chi connectivity index (χ3v) is 6.70. The minimum absolute atomic E-state index is 0.0805. The van der Waals surface area contributed by atoms with Crippen LogP contribution >= 0.6 is 0 Å². The highest BCUT2D eigenvalue weighted by Gasteiger charge is 2.36. The lowest BCUT2D eigenvalue weighted by Gasteiger charge is -2.38. The third kappa shape index (κ3) is 4.93. The van der Waals surface area contributed by atoms with E-state index in [4.69, 9.17) is 9.47 Å². The molecule has 2 aromatic rings. The smallest absolute Gasteiger partial charge is 0.265 e. The monoisotopic (exact) mass is 464 g/mol. The summed E-state index contributed by atoms with van der Waals surface area (Å²) in [6.07, 6.45) is 1.93. The molecular weight excluding hydrogens is 432 g/mol. The number of ether oxygens (including phenoxy) is 2. The van der Waals surface area contributed by atoms with E-state index in [1.54, 1.807) is 25.1 Å². The second kappa shape index (κ2) is 9.87. The van der Waals surface area contributed by atoms with E-state index in [-0.39, 0.29) is 30.8 Å². The summed E-state index contributed by atoms with van der Waals surface area (Å²) in [6.45, 7) is 8.97. The molecule has 2 heterocycles. The number of likely N-dealkylation sites (tertiary alicyclic amines) is 1. The molecule has 0 aliphatic carbocycles. The zero-order chi connectivity index (χ0) is 24.4. The molecule has 2 aromatic carbocycles. The van der Waals surface area contributed by atoms with Crippen LogP contribution in [-0.2, 0) is 9.59 Å². The molecule has 0 N–H and O–H groups in total. The lowest BCUT2D eigenvalue weighted by atomic mass is 9.98. The maximum atomic E-state index is 13.2. The average Bonchev–Trinajstić information content (AvgIpc) is 2.83. The fourth-order valence-electron chi connectivity index (χ4n) is 4.46. The molecule has 4 rings (SSSR count). The highest BCUT2D eigenvalue weighted by Crippen LogP contribution is 2.35. The number of hydrogen-bond donors (Lipinski definition) is 0. The number of nitrogens with zero attached hydrogens (tertiary/aromatic N) is 2. The van der Waals surface area contributed by atoms with Gasteiger partial charge >= 0.3 is 0 Å². The Bertz CT molecular complexity index is 1100. The highest BCUT2D eigenvalue weighted by atomic mass is 16.5. The standard InChI is InChI=1S/C27H32N2O5/c1-17-9-11-28(12-10-17)27(32)20(4)29-22-14-21(7-8-24(22)34-16-26(29)31)23(30)15-33-25-13-18(2)5-6-19(25)3/h5-8,13-14,17,20H,9-12,15-16H2,1-4H3. The van der Waals surface area contributed by atoms with E-state index in [9.17, 15) is 14.4 Å². The molecule has 0 spiro atoms. The molecule has 180 valence electrons. The van der Waals surface area contributed by atoms with E-state index in [1.165, 1.54) is 4.90 Å². The fourth-order valence-corrected chi connectivity index (χ4v) is 4.46. The van der Waals surface area contributed by atoms with Gasteiger partial charge < -0.3 is 14.4 Å². The molecule has 1 fully saturated rings. The number of amides is 2. The first-order valence-corrected chi connectivity index (χ1v) is 11.9. The van der Waals surface area contributed by atoms with Gasteiger partial charge in [-0.3, -0.25) is 19.3 Å². The average molecular weight is 465 g/mol. The first kappa shape index (κ1) is 23.8. The first-order chi connectivity index (χ1) is 16.2. The number of rotatable bonds is 6. The summed E-state index contributed by atoms with van der Waals surface area (Å²) in [4.78, 5) is 42.3. The Morgan fingerprint density at radius 3 is 2.59 bits per heavy atom. The zero-order valence-corrected chi connectivity index (χ0v) is 20.3. The quantitative estimate of drug-likeness (QED) is 0.606. The number of anilines is 1. The van der Waals surface area contributed by atoms with Crippen molar-refractivity contribution < 1.29 is 23.9 Å². The second-order valence-electron chi connectivity index (χ2n) is 9.40. The highest BCUT2D eigenvalue weighted by molar-refractivity contribution is 6.05. The molecule has 0 radical (unpaired) electrons. The molecule has 2 aliphatic rings. The maximum Gasteiger partial charge on any atom is 0.265 e. The van der Waals surface area contributed by atoms with Crippen molar-refractivity contribution in [3.63, 3.8) is 0 Å². The van der Waals surface area contributed by atoms with Gasteiger partial charge in [0.25, 0.3) is 5.91 Å². The first-order valence-electron chi connectivity index (χ1n) is 11.9. The minimum Gasteiger partial charge on any atom is -0.485 e. The van der Waals surface area contributed by atoms with Crippen molar-refractivity contribution in [1.82, 2.24) is 4.90 Å². The Morgan fingerprint density at radius 2 is 1.85 bits per heavy atom. The van der Waals surface area contributed by atoms with Gasteiger partial charge in [0.2, 0.25) is 5.91 Å². The Labute approximate surface area is 200 Å². The van der Waals surface area contributed by atoms with E-state index >= 15 is 0 Å². The molecule has 1 saturated heterocycles. The summed E-state index contributed by atoms with van der Waals surface area (Å²) >= 11 is 0. The summed E-state index contributed by atoms with van der Waals surface area (Å²) < 4.78 is 11.4. The topological polar surface area (TPSA) is 76.2 Å². The number of hydrogen-bond acceptors (Lipinski definition) is 5. The van der Waals surface area contributed by atoms with Gasteiger partial charge in [-0.1, -0.05) is 19.1 Å². The molecule has 7 nitrogen and oxygen atoms in total. The summed E-state index contributed by atoms with van der Waals surface area (Å²) in [5.74, 6) is 1.16. The van der Waals surface area contributed by atoms with Crippen LogP contribution in [0.3, 0.4) is 0 Å². The number of ketones is 1. The van der Waals surface area contributed by atoms with Crippen molar-refractivity contribution >= 4 is 23.3 Å². The number of piperidine rings is 1. The van der Waals surface area contributed by atoms with E-state index in [0.29, 0.717) is 41.8 Å². The van der Waals surface area contributed by atoms with E-state index in [1.807, 2.05) is 36.9 Å². The van der Waals surface area contributed by atoms with Crippen molar-refractivity contribution in [2.45, 2.75) is 46.6 Å². The van der Waals surface area contributed by atoms with Gasteiger partial charge in [0.1, 0.15) is 17.5 Å². The Hall–Kier alpha value is -3.35. The Kier molecular flexibility index (Phi) is 6.91. The van der Waals surface area contributed by atoms with E-state index in [0.717, 1.165) is 24.0 Å².